The van der Waals surface area contributed by atoms with Crippen molar-refractivity contribution in [2.45, 2.75) is 6.92 Å². The average molecular weight is 270 g/mol. The van der Waals surface area contributed by atoms with Crippen molar-refractivity contribution in [1.29, 1.82) is 0 Å². The van der Waals surface area contributed by atoms with Gasteiger partial charge in [-0.05, 0) is 36.8 Å². The molecule has 0 bridgehead atoms. The van der Waals surface area contributed by atoms with Crippen molar-refractivity contribution < 1.29 is 18.7 Å². The third-order valence-electron chi connectivity index (χ3n) is 3.22. The predicted molar refractivity (Wildman–Crippen MR) is 73.3 cm³/mol. The zero-order valence-corrected chi connectivity index (χ0v) is 10.7. The molecule has 0 amide bonds. The first-order chi connectivity index (χ1) is 9.56. The number of benzene rings is 2. The van der Waals surface area contributed by atoms with Crippen LogP contribution in [0.4, 0.5) is 4.39 Å². The summed E-state index contributed by atoms with van der Waals surface area (Å²) in [6, 6.07) is 10.9. The molecule has 4 heteroatoms. The maximum absolute atomic E-state index is 13.4. The molecule has 1 heterocycles. The zero-order valence-electron chi connectivity index (χ0n) is 10.7. The second-order valence-electron chi connectivity index (χ2n) is 4.60. The van der Waals surface area contributed by atoms with E-state index >= 15 is 0 Å². The average Bonchev–Trinajstić information content (AvgIpc) is 2.83. The van der Waals surface area contributed by atoms with Gasteiger partial charge in [0.15, 0.2) is 0 Å². The van der Waals surface area contributed by atoms with Gasteiger partial charge in [-0.2, -0.15) is 0 Å². The number of aromatic carboxylic acids is 1. The first kappa shape index (κ1) is 12.4. The Bertz CT molecular complexity index is 818. The highest BCUT2D eigenvalue weighted by atomic mass is 19.1. The molecule has 3 rings (SSSR count). The molecule has 3 nitrogen and oxygen atoms in total. The third-order valence-corrected chi connectivity index (χ3v) is 3.22. The van der Waals surface area contributed by atoms with E-state index in [4.69, 9.17) is 4.42 Å². The van der Waals surface area contributed by atoms with Gasteiger partial charge in [-0.15, -0.1) is 0 Å². The van der Waals surface area contributed by atoms with Gasteiger partial charge in [0.2, 0.25) is 0 Å². The van der Waals surface area contributed by atoms with Crippen LogP contribution >= 0.6 is 0 Å². The molecule has 2 aromatic carbocycles. The normalized spacial score (nSPS) is 10.9. The van der Waals surface area contributed by atoms with E-state index in [1.54, 1.807) is 6.07 Å². The summed E-state index contributed by atoms with van der Waals surface area (Å²) in [6.07, 6.45) is 0. The summed E-state index contributed by atoms with van der Waals surface area (Å²) >= 11 is 0. The Morgan fingerprint density at radius 1 is 1.20 bits per heavy atom. The lowest BCUT2D eigenvalue weighted by atomic mass is 10.0. The lowest BCUT2D eigenvalue weighted by molar-refractivity contribution is 0.0697. The minimum absolute atomic E-state index is 0.0168. The summed E-state index contributed by atoms with van der Waals surface area (Å²) < 4.78 is 19.1. The van der Waals surface area contributed by atoms with Crippen LogP contribution in [0.1, 0.15) is 15.9 Å². The number of furan rings is 1. The monoisotopic (exact) mass is 270 g/mol. The number of rotatable bonds is 2. The molecule has 0 atom stereocenters. The number of aryl methyl sites for hydroxylation is 1. The van der Waals surface area contributed by atoms with Crippen LogP contribution in [-0.4, -0.2) is 11.1 Å². The second kappa shape index (κ2) is 4.49. The van der Waals surface area contributed by atoms with E-state index in [9.17, 15) is 14.3 Å². The Balaban J connectivity index is 2.27. The Hall–Kier alpha value is -2.62. The first-order valence-electron chi connectivity index (χ1n) is 6.08. The molecule has 0 aliphatic carbocycles. The van der Waals surface area contributed by atoms with Gasteiger partial charge in [0.05, 0.1) is 5.56 Å². The Kier molecular flexibility index (Phi) is 2.79. The van der Waals surface area contributed by atoms with Gasteiger partial charge in [-0.1, -0.05) is 18.2 Å². The van der Waals surface area contributed by atoms with E-state index in [0.29, 0.717) is 11.3 Å². The molecule has 0 saturated heterocycles. The number of carboxylic acid groups (broad SMARTS) is 1. The van der Waals surface area contributed by atoms with E-state index in [2.05, 4.69) is 0 Å². The maximum Gasteiger partial charge on any atom is 0.336 e. The van der Waals surface area contributed by atoms with Crippen LogP contribution in [0.25, 0.3) is 22.3 Å². The van der Waals surface area contributed by atoms with Crippen molar-refractivity contribution in [1.82, 2.24) is 0 Å². The molecule has 1 N–H and O–H groups in total. The topological polar surface area (TPSA) is 50.4 Å². The molecular formula is C16H11FO3. The summed E-state index contributed by atoms with van der Waals surface area (Å²) in [4.78, 5) is 11.2. The van der Waals surface area contributed by atoms with Gasteiger partial charge in [0, 0.05) is 10.9 Å². The Morgan fingerprint density at radius 2 is 2.00 bits per heavy atom. The molecular weight excluding hydrogens is 259 g/mol. The first-order valence-corrected chi connectivity index (χ1v) is 6.08. The van der Waals surface area contributed by atoms with Crippen molar-refractivity contribution in [3.05, 3.63) is 59.4 Å². The largest absolute Gasteiger partial charge is 0.478 e. The molecule has 0 spiro atoms. The minimum Gasteiger partial charge on any atom is -0.478 e. The second-order valence-corrected chi connectivity index (χ2v) is 4.60. The summed E-state index contributed by atoms with van der Waals surface area (Å²) in [7, 11) is 0. The minimum atomic E-state index is -1.11. The fourth-order valence-corrected chi connectivity index (χ4v) is 2.25. The number of hydrogen-bond donors (Lipinski definition) is 1. The molecule has 3 aromatic rings. The summed E-state index contributed by atoms with van der Waals surface area (Å²) in [6.45, 7) is 1.90. The predicted octanol–water partition coefficient (Wildman–Crippen LogP) is 4.25. The van der Waals surface area contributed by atoms with Crippen LogP contribution in [0.2, 0.25) is 0 Å². The smallest absolute Gasteiger partial charge is 0.336 e. The number of carboxylic acids is 1. The van der Waals surface area contributed by atoms with Crippen LogP contribution in [0.5, 0.6) is 0 Å². The molecule has 0 saturated carbocycles. The molecule has 0 unspecified atom stereocenters. The number of halogens is 1. The van der Waals surface area contributed by atoms with Gasteiger partial charge in [0.25, 0.3) is 0 Å². The van der Waals surface area contributed by atoms with Crippen LogP contribution in [-0.2, 0) is 0 Å². The van der Waals surface area contributed by atoms with Gasteiger partial charge in [0.1, 0.15) is 17.2 Å². The van der Waals surface area contributed by atoms with Crippen LogP contribution in [0.3, 0.4) is 0 Å². The zero-order chi connectivity index (χ0) is 14.3. The molecule has 100 valence electrons. The summed E-state index contributed by atoms with van der Waals surface area (Å²) in [5.74, 6) is -1.26. The third kappa shape index (κ3) is 1.95. The van der Waals surface area contributed by atoms with Crippen LogP contribution in [0, 0.1) is 12.7 Å². The fraction of sp³-hybridized carbons (Fsp3) is 0.0625. The summed E-state index contributed by atoms with van der Waals surface area (Å²) in [5.41, 5.74) is 1.89. The highest BCUT2D eigenvalue weighted by Crippen LogP contribution is 2.32. The quantitative estimate of drug-likeness (QED) is 0.757. The maximum atomic E-state index is 13.4. The standard InChI is InChI=1S/C16H11FO3/c1-9-3-2-4-10-7-14(20-15(9)10)13-8-11(17)5-6-12(13)16(18)19/h2-8H,1H3,(H,18,19). The lowest BCUT2D eigenvalue weighted by Gasteiger charge is -2.02. The highest BCUT2D eigenvalue weighted by molar-refractivity contribution is 5.97. The van der Waals surface area contributed by atoms with Gasteiger partial charge in [-0.3, -0.25) is 0 Å². The summed E-state index contributed by atoms with van der Waals surface area (Å²) in [5, 5.41) is 10.0. The van der Waals surface area contributed by atoms with Crippen LogP contribution < -0.4 is 0 Å². The lowest BCUT2D eigenvalue weighted by Crippen LogP contribution is -1.99. The molecule has 20 heavy (non-hydrogen) atoms. The van der Waals surface area contributed by atoms with Gasteiger partial charge in [-0.25, -0.2) is 9.18 Å². The number of carbonyl (C=O) groups is 1. The highest BCUT2D eigenvalue weighted by Gasteiger charge is 2.16. The molecule has 0 radical (unpaired) electrons. The van der Waals surface area contributed by atoms with Crippen LogP contribution in [0.15, 0.2) is 46.9 Å². The Labute approximate surface area is 114 Å². The van der Waals surface area contributed by atoms with E-state index in [-0.39, 0.29) is 11.1 Å². The van der Waals surface area contributed by atoms with Gasteiger partial charge >= 0.3 is 5.97 Å². The number of para-hydroxylation sites is 1. The van der Waals surface area contributed by atoms with Gasteiger partial charge < -0.3 is 9.52 Å². The number of hydrogen-bond acceptors (Lipinski definition) is 2. The Morgan fingerprint density at radius 3 is 2.70 bits per heavy atom. The van der Waals surface area contributed by atoms with Crippen molar-refractivity contribution in [2.75, 3.05) is 0 Å². The molecule has 1 aromatic heterocycles. The molecule has 0 fully saturated rings. The van der Waals surface area contributed by atoms with E-state index in [0.717, 1.165) is 17.0 Å². The van der Waals surface area contributed by atoms with Crippen molar-refractivity contribution >= 4 is 16.9 Å². The van der Waals surface area contributed by atoms with E-state index < -0.39 is 11.8 Å². The SMILES string of the molecule is Cc1cccc2cc(-c3cc(F)ccc3C(=O)O)oc12. The number of fused-ring (bicyclic) bond motifs is 1. The molecule has 0 aliphatic rings. The molecule has 0 aliphatic heterocycles. The van der Waals surface area contributed by atoms with E-state index in [1.807, 2.05) is 25.1 Å². The van der Waals surface area contributed by atoms with Crippen molar-refractivity contribution in [3.8, 4) is 11.3 Å². The van der Waals surface area contributed by atoms with Crippen molar-refractivity contribution in [3.63, 3.8) is 0 Å². The van der Waals surface area contributed by atoms with E-state index in [1.165, 1.54) is 12.1 Å². The fourth-order valence-electron chi connectivity index (χ4n) is 2.25. The van der Waals surface area contributed by atoms with Crippen molar-refractivity contribution in [2.24, 2.45) is 0 Å².